The zero-order valence-corrected chi connectivity index (χ0v) is 17.6. The summed E-state index contributed by atoms with van der Waals surface area (Å²) in [5.74, 6) is -0.725. The molecule has 6 nitrogen and oxygen atoms in total. The molecule has 6 heteroatoms. The Morgan fingerprint density at radius 2 is 1.71 bits per heavy atom. The van der Waals surface area contributed by atoms with Gasteiger partial charge < -0.3 is 4.74 Å². The van der Waals surface area contributed by atoms with E-state index in [1.165, 1.54) is 6.08 Å². The summed E-state index contributed by atoms with van der Waals surface area (Å²) in [5.41, 5.74) is 3.60. The smallest absolute Gasteiger partial charge is 0.335 e. The summed E-state index contributed by atoms with van der Waals surface area (Å²) < 4.78 is 5.65. The van der Waals surface area contributed by atoms with Gasteiger partial charge >= 0.3 is 6.03 Å². The van der Waals surface area contributed by atoms with Crippen LogP contribution >= 0.6 is 0 Å². The summed E-state index contributed by atoms with van der Waals surface area (Å²) in [6, 6.07) is 9.97. The number of nitrogens with zero attached hydrogens (tertiary/aromatic N) is 1. The molecule has 1 heterocycles. The maximum Gasteiger partial charge on any atom is 0.335 e. The average Bonchev–Trinajstić information content (AvgIpc) is 2.70. The SMILES string of the molecule is C=CCOc1ccc(/C=C2\C(=O)NC(=O)N(c3cc(C)cc(C)c3)C2=O)cc1CC=C. The van der Waals surface area contributed by atoms with Crippen LogP contribution in [0.2, 0.25) is 0 Å². The third-order valence-corrected chi connectivity index (χ3v) is 4.68. The van der Waals surface area contributed by atoms with Gasteiger partial charge in [-0.25, -0.2) is 9.69 Å². The molecule has 1 aliphatic rings. The first-order chi connectivity index (χ1) is 14.8. The molecule has 1 aliphatic heterocycles. The Kier molecular flexibility index (Phi) is 6.50. The van der Waals surface area contributed by atoms with Crippen LogP contribution in [0.5, 0.6) is 5.75 Å². The number of allylic oxidation sites excluding steroid dienone is 1. The second-order valence-corrected chi connectivity index (χ2v) is 7.26. The first-order valence-electron chi connectivity index (χ1n) is 9.81. The molecule has 0 unspecified atom stereocenters. The number of urea groups is 1. The first kappa shape index (κ1) is 21.8. The Labute approximate surface area is 181 Å². The van der Waals surface area contributed by atoms with Crippen molar-refractivity contribution in [2.45, 2.75) is 20.3 Å². The molecular formula is C25H24N2O4. The lowest BCUT2D eigenvalue weighted by Gasteiger charge is -2.27. The van der Waals surface area contributed by atoms with Gasteiger partial charge in [0.05, 0.1) is 5.69 Å². The van der Waals surface area contributed by atoms with E-state index < -0.39 is 17.8 Å². The van der Waals surface area contributed by atoms with Gasteiger partial charge in [-0.15, -0.1) is 6.58 Å². The van der Waals surface area contributed by atoms with Crippen molar-refractivity contribution >= 4 is 29.6 Å². The number of ether oxygens (including phenoxy) is 1. The Bertz CT molecular complexity index is 1090. The van der Waals surface area contributed by atoms with Crippen LogP contribution in [-0.2, 0) is 16.0 Å². The van der Waals surface area contributed by atoms with Crippen molar-refractivity contribution in [2.24, 2.45) is 0 Å². The maximum absolute atomic E-state index is 13.1. The highest BCUT2D eigenvalue weighted by Gasteiger charge is 2.37. The average molecular weight is 416 g/mol. The van der Waals surface area contributed by atoms with E-state index in [1.807, 2.05) is 26.0 Å². The molecule has 2 aromatic rings. The van der Waals surface area contributed by atoms with Crippen molar-refractivity contribution in [1.82, 2.24) is 5.32 Å². The third kappa shape index (κ3) is 4.80. The number of amides is 4. The summed E-state index contributed by atoms with van der Waals surface area (Å²) in [6.07, 6.45) is 5.42. The van der Waals surface area contributed by atoms with E-state index >= 15 is 0 Å². The van der Waals surface area contributed by atoms with E-state index in [-0.39, 0.29) is 5.57 Å². The van der Waals surface area contributed by atoms with Gasteiger partial charge in [0.1, 0.15) is 17.9 Å². The molecule has 0 saturated carbocycles. The van der Waals surface area contributed by atoms with Crippen LogP contribution in [0.15, 0.2) is 67.3 Å². The molecule has 3 rings (SSSR count). The Hall–Kier alpha value is -3.93. The molecule has 1 saturated heterocycles. The minimum Gasteiger partial charge on any atom is -0.489 e. The minimum absolute atomic E-state index is 0.122. The van der Waals surface area contributed by atoms with Crippen molar-refractivity contribution < 1.29 is 19.1 Å². The van der Waals surface area contributed by atoms with Gasteiger partial charge in [0.15, 0.2) is 0 Å². The zero-order chi connectivity index (χ0) is 22.5. The van der Waals surface area contributed by atoms with Crippen LogP contribution in [0.1, 0.15) is 22.3 Å². The van der Waals surface area contributed by atoms with E-state index in [0.717, 1.165) is 21.6 Å². The number of anilines is 1. The molecule has 1 fully saturated rings. The number of aryl methyl sites for hydroxylation is 2. The summed E-state index contributed by atoms with van der Waals surface area (Å²) in [6.45, 7) is 11.5. The minimum atomic E-state index is -0.766. The summed E-state index contributed by atoms with van der Waals surface area (Å²) in [4.78, 5) is 39.0. The summed E-state index contributed by atoms with van der Waals surface area (Å²) >= 11 is 0. The van der Waals surface area contributed by atoms with Crippen molar-refractivity contribution in [3.8, 4) is 5.75 Å². The Morgan fingerprint density at radius 3 is 2.35 bits per heavy atom. The van der Waals surface area contributed by atoms with Gasteiger partial charge in [0.2, 0.25) is 0 Å². The number of benzene rings is 2. The quantitative estimate of drug-likeness (QED) is 0.416. The number of barbiturate groups is 1. The van der Waals surface area contributed by atoms with E-state index in [2.05, 4.69) is 18.5 Å². The molecule has 158 valence electrons. The predicted molar refractivity (Wildman–Crippen MR) is 121 cm³/mol. The van der Waals surface area contributed by atoms with Crippen molar-refractivity contribution in [1.29, 1.82) is 0 Å². The molecule has 0 aliphatic carbocycles. The summed E-state index contributed by atoms with van der Waals surface area (Å²) in [5, 5.41) is 2.25. The molecule has 4 amide bonds. The van der Waals surface area contributed by atoms with Gasteiger partial charge in [0, 0.05) is 0 Å². The monoisotopic (exact) mass is 416 g/mol. The lowest BCUT2D eigenvalue weighted by molar-refractivity contribution is -0.122. The zero-order valence-electron chi connectivity index (χ0n) is 17.6. The second-order valence-electron chi connectivity index (χ2n) is 7.26. The summed E-state index contributed by atoms with van der Waals surface area (Å²) in [7, 11) is 0. The van der Waals surface area contributed by atoms with Crippen molar-refractivity contribution in [2.75, 3.05) is 11.5 Å². The third-order valence-electron chi connectivity index (χ3n) is 4.68. The van der Waals surface area contributed by atoms with Crippen LogP contribution < -0.4 is 15.0 Å². The van der Waals surface area contributed by atoms with E-state index in [9.17, 15) is 14.4 Å². The molecule has 0 spiro atoms. The molecule has 0 aromatic heterocycles. The maximum atomic E-state index is 13.1. The number of carbonyl (C=O) groups is 3. The van der Waals surface area contributed by atoms with Crippen LogP contribution in [0.25, 0.3) is 6.08 Å². The van der Waals surface area contributed by atoms with E-state index in [4.69, 9.17) is 4.74 Å². The number of hydrogen-bond donors (Lipinski definition) is 1. The fourth-order valence-electron chi connectivity index (χ4n) is 3.43. The predicted octanol–water partition coefficient (Wildman–Crippen LogP) is 4.26. The largest absolute Gasteiger partial charge is 0.489 e. The van der Waals surface area contributed by atoms with E-state index in [0.29, 0.717) is 30.0 Å². The highest BCUT2D eigenvalue weighted by atomic mass is 16.5. The van der Waals surface area contributed by atoms with E-state index in [1.54, 1.807) is 36.4 Å². The van der Waals surface area contributed by atoms with Crippen LogP contribution in [0.4, 0.5) is 10.5 Å². The van der Waals surface area contributed by atoms with Gasteiger partial charge in [-0.05, 0) is 72.9 Å². The van der Waals surface area contributed by atoms with Gasteiger partial charge in [-0.1, -0.05) is 30.9 Å². The fraction of sp³-hybridized carbons (Fsp3) is 0.160. The van der Waals surface area contributed by atoms with Gasteiger partial charge in [-0.2, -0.15) is 0 Å². The van der Waals surface area contributed by atoms with Crippen LogP contribution in [0, 0.1) is 13.8 Å². The lowest BCUT2D eigenvalue weighted by atomic mass is 10.0. The van der Waals surface area contributed by atoms with Crippen LogP contribution in [0.3, 0.4) is 0 Å². The molecule has 31 heavy (non-hydrogen) atoms. The number of rotatable bonds is 7. The topological polar surface area (TPSA) is 75.7 Å². The normalized spacial score (nSPS) is 15.1. The number of nitrogens with one attached hydrogen (secondary N) is 1. The van der Waals surface area contributed by atoms with Gasteiger partial charge in [0.25, 0.3) is 11.8 Å². The highest BCUT2D eigenvalue weighted by molar-refractivity contribution is 6.39. The first-order valence-corrected chi connectivity index (χ1v) is 9.81. The van der Waals surface area contributed by atoms with Crippen LogP contribution in [-0.4, -0.2) is 24.5 Å². The molecule has 0 atom stereocenters. The fourth-order valence-corrected chi connectivity index (χ4v) is 3.43. The lowest BCUT2D eigenvalue weighted by Crippen LogP contribution is -2.54. The number of hydrogen-bond acceptors (Lipinski definition) is 4. The molecule has 0 radical (unpaired) electrons. The standard InChI is InChI=1S/C25H24N2O4/c1-5-7-19-14-18(8-9-22(19)31-10-6-2)15-21-23(28)26-25(30)27(24(21)29)20-12-16(3)11-17(4)13-20/h5-6,8-9,11-15H,1-2,7,10H2,3-4H3,(H,26,28,30)/b21-15+. The molecule has 1 N–H and O–H groups in total. The Morgan fingerprint density at radius 1 is 1.00 bits per heavy atom. The molecule has 2 aromatic carbocycles. The molecular weight excluding hydrogens is 392 g/mol. The highest BCUT2D eigenvalue weighted by Crippen LogP contribution is 2.26. The second kappa shape index (κ2) is 9.26. The number of imide groups is 2. The molecule has 0 bridgehead atoms. The van der Waals surface area contributed by atoms with Crippen molar-refractivity contribution in [3.05, 3.63) is 89.5 Å². The van der Waals surface area contributed by atoms with Gasteiger partial charge in [-0.3, -0.25) is 14.9 Å². The Balaban J connectivity index is 2.00. The number of carbonyl (C=O) groups excluding carboxylic acids is 3. The van der Waals surface area contributed by atoms with Crippen molar-refractivity contribution in [3.63, 3.8) is 0 Å².